The number of aliphatic carboxylic acids is 1. The van der Waals surface area contributed by atoms with Crippen molar-refractivity contribution in [3.8, 4) is 11.8 Å². The lowest BCUT2D eigenvalue weighted by atomic mass is 9.93. The van der Waals surface area contributed by atoms with Gasteiger partial charge in [-0.2, -0.15) is 5.26 Å². The second-order valence-corrected chi connectivity index (χ2v) is 8.72. The van der Waals surface area contributed by atoms with Crippen molar-refractivity contribution in [1.29, 1.82) is 5.26 Å². The van der Waals surface area contributed by atoms with Crippen LogP contribution in [0.25, 0.3) is 0 Å². The van der Waals surface area contributed by atoms with E-state index in [0.717, 1.165) is 11.1 Å². The molecule has 2 atom stereocenters. The Morgan fingerprint density at radius 1 is 1.23 bits per heavy atom. The Kier molecular flexibility index (Phi) is 8.07. The molecule has 2 rings (SSSR count). The molecule has 2 N–H and O–H groups in total. The van der Waals surface area contributed by atoms with Crippen LogP contribution in [0.5, 0.6) is 5.75 Å². The summed E-state index contributed by atoms with van der Waals surface area (Å²) in [7, 11) is 0. The van der Waals surface area contributed by atoms with Crippen molar-refractivity contribution >= 4 is 23.5 Å². The molecule has 0 saturated carbocycles. The smallest absolute Gasteiger partial charge is 0.308 e. The summed E-state index contributed by atoms with van der Waals surface area (Å²) in [6.07, 6.45) is 0.103. The Balaban J connectivity index is 2.25. The van der Waals surface area contributed by atoms with E-state index in [1.165, 1.54) is 0 Å². The minimum Gasteiger partial charge on any atom is -0.492 e. The molecule has 0 radical (unpaired) electrons. The summed E-state index contributed by atoms with van der Waals surface area (Å²) in [5.74, 6) is -1.63. The number of rotatable bonds is 9. The number of carbonyl (C=O) groups excluding carboxylic acids is 1. The maximum absolute atomic E-state index is 12.7. The van der Waals surface area contributed by atoms with Crippen molar-refractivity contribution in [3.05, 3.63) is 64.2 Å². The average Bonchev–Trinajstić information content (AvgIpc) is 2.72. The zero-order valence-electron chi connectivity index (χ0n) is 18.1. The lowest BCUT2D eigenvalue weighted by Crippen LogP contribution is -2.36. The number of nitrogens with zero attached hydrogens (tertiary/aromatic N) is 1. The second kappa shape index (κ2) is 10.3. The molecule has 0 aliphatic heterocycles. The van der Waals surface area contributed by atoms with Gasteiger partial charge in [-0.3, -0.25) is 9.59 Å². The summed E-state index contributed by atoms with van der Waals surface area (Å²) in [4.78, 5) is 24.4. The first kappa shape index (κ1) is 24.2. The van der Waals surface area contributed by atoms with Crippen LogP contribution in [0.1, 0.15) is 43.5 Å². The number of hydrogen-bond donors (Lipinski definition) is 2. The van der Waals surface area contributed by atoms with E-state index in [1.807, 2.05) is 13.0 Å². The summed E-state index contributed by atoms with van der Waals surface area (Å²) >= 11 is 5.88. The molecule has 2 aromatic rings. The van der Waals surface area contributed by atoms with E-state index < -0.39 is 23.3 Å². The first-order valence-corrected chi connectivity index (χ1v) is 10.3. The Morgan fingerprint density at radius 3 is 2.45 bits per heavy atom. The molecule has 2 aromatic carbocycles. The van der Waals surface area contributed by atoms with Crippen molar-refractivity contribution in [2.45, 2.75) is 40.2 Å². The van der Waals surface area contributed by atoms with Crippen LogP contribution in [-0.4, -0.2) is 23.6 Å². The summed E-state index contributed by atoms with van der Waals surface area (Å²) in [5.41, 5.74) is 1.58. The largest absolute Gasteiger partial charge is 0.492 e. The van der Waals surface area contributed by atoms with Gasteiger partial charge >= 0.3 is 5.97 Å². The number of carbonyl (C=O) groups is 2. The molecule has 0 spiro atoms. The van der Waals surface area contributed by atoms with Crippen LogP contribution in [0.4, 0.5) is 0 Å². The van der Waals surface area contributed by atoms with Crippen molar-refractivity contribution in [2.75, 3.05) is 6.61 Å². The minimum absolute atomic E-state index is 0.103. The predicted molar refractivity (Wildman–Crippen MR) is 119 cm³/mol. The summed E-state index contributed by atoms with van der Waals surface area (Å²) < 4.78 is 5.84. The van der Waals surface area contributed by atoms with E-state index in [2.05, 4.69) is 11.4 Å². The number of carboxylic acids is 1. The first-order valence-electron chi connectivity index (χ1n) is 9.93. The summed E-state index contributed by atoms with van der Waals surface area (Å²) in [5, 5.41) is 22.2. The van der Waals surface area contributed by atoms with E-state index in [9.17, 15) is 20.0 Å². The molecule has 31 heavy (non-hydrogen) atoms. The number of amides is 1. The Bertz CT molecular complexity index is 980. The lowest BCUT2D eigenvalue weighted by molar-refractivity contribution is -0.142. The van der Waals surface area contributed by atoms with Crippen molar-refractivity contribution < 1.29 is 19.4 Å². The van der Waals surface area contributed by atoms with Gasteiger partial charge in [-0.15, -0.1) is 0 Å². The van der Waals surface area contributed by atoms with Crippen LogP contribution >= 0.6 is 11.6 Å². The van der Waals surface area contributed by atoms with Gasteiger partial charge in [-0.1, -0.05) is 35.9 Å². The number of hydrogen-bond acceptors (Lipinski definition) is 4. The van der Waals surface area contributed by atoms with Crippen LogP contribution in [0.3, 0.4) is 0 Å². The third-order valence-electron chi connectivity index (χ3n) is 4.95. The molecule has 0 bridgehead atoms. The van der Waals surface area contributed by atoms with E-state index in [4.69, 9.17) is 16.3 Å². The number of benzene rings is 2. The third kappa shape index (κ3) is 7.01. The zero-order chi connectivity index (χ0) is 23.2. The second-order valence-electron chi connectivity index (χ2n) is 8.28. The van der Waals surface area contributed by atoms with Crippen molar-refractivity contribution in [2.24, 2.45) is 11.3 Å². The standard InChI is InChI=1S/C24H27ClN2O4/c1-15-5-8-18(12-20(15)31-14-24(3,4)13-26)22(16(2)23(29)30)27-21(28)11-17-6-9-19(25)10-7-17/h5-10,12,16,22H,11,14H2,1-4H3,(H,27,28)(H,29,30)/t16-,22+/m1/s1. The van der Waals surface area contributed by atoms with Crippen LogP contribution in [0.15, 0.2) is 42.5 Å². The summed E-state index contributed by atoms with van der Waals surface area (Å²) in [6.45, 7) is 7.16. The molecule has 164 valence electrons. The molecule has 0 saturated heterocycles. The van der Waals surface area contributed by atoms with Crippen molar-refractivity contribution in [1.82, 2.24) is 5.32 Å². The molecule has 7 heteroatoms. The molecule has 0 aliphatic carbocycles. The van der Waals surface area contributed by atoms with E-state index >= 15 is 0 Å². The number of aryl methyl sites for hydroxylation is 1. The zero-order valence-corrected chi connectivity index (χ0v) is 18.9. The van der Waals surface area contributed by atoms with Gasteiger partial charge in [-0.05, 0) is 62.6 Å². The van der Waals surface area contributed by atoms with Gasteiger partial charge in [0.1, 0.15) is 12.4 Å². The fourth-order valence-corrected chi connectivity index (χ4v) is 3.03. The minimum atomic E-state index is -1.02. The quantitative estimate of drug-likeness (QED) is 0.586. The maximum Gasteiger partial charge on any atom is 0.308 e. The van der Waals surface area contributed by atoms with E-state index in [1.54, 1.807) is 57.2 Å². The predicted octanol–water partition coefficient (Wildman–Crippen LogP) is 4.70. The van der Waals surface area contributed by atoms with Gasteiger partial charge in [0, 0.05) is 5.02 Å². The van der Waals surface area contributed by atoms with Gasteiger partial charge in [0.25, 0.3) is 0 Å². The molecule has 0 heterocycles. The van der Waals surface area contributed by atoms with Gasteiger partial charge in [0.15, 0.2) is 0 Å². The number of nitrogens with one attached hydrogen (secondary N) is 1. The highest BCUT2D eigenvalue weighted by molar-refractivity contribution is 6.30. The van der Waals surface area contributed by atoms with Crippen molar-refractivity contribution in [3.63, 3.8) is 0 Å². The van der Waals surface area contributed by atoms with E-state index in [-0.39, 0.29) is 18.9 Å². The Hall–Kier alpha value is -3.04. The van der Waals surface area contributed by atoms with Gasteiger partial charge in [0.05, 0.1) is 29.9 Å². The van der Waals surface area contributed by atoms with E-state index in [0.29, 0.717) is 16.3 Å². The van der Waals surface area contributed by atoms with Crippen LogP contribution in [0.2, 0.25) is 5.02 Å². The van der Waals surface area contributed by atoms with Gasteiger partial charge < -0.3 is 15.2 Å². The molecule has 0 aromatic heterocycles. The molecular formula is C24H27ClN2O4. The van der Waals surface area contributed by atoms with Crippen LogP contribution < -0.4 is 10.1 Å². The molecule has 1 amide bonds. The highest BCUT2D eigenvalue weighted by Crippen LogP contribution is 2.29. The Morgan fingerprint density at radius 2 is 1.87 bits per heavy atom. The van der Waals surface area contributed by atoms with Crippen LogP contribution in [0, 0.1) is 29.6 Å². The topological polar surface area (TPSA) is 99.4 Å². The molecule has 0 aliphatic rings. The number of ether oxygens (including phenoxy) is 1. The monoisotopic (exact) mass is 442 g/mol. The molecule has 0 unspecified atom stereocenters. The third-order valence-corrected chi connectivity index (χ3v) is 5.20. The normalized spacial score (nSPS) is 13.0. The van der Waals surface area contributed by atoms with Crippen LogP contribution in [-0.2, 0) is 16.0 Å². The van der Waals surface area contributed by atoms with Gasteiger partial charge in [0.2, 0.25) is 5.91 Å². The Labute approximate surface area is 187 Å². The number of nitriles is 1. The summed E-state index contributed by atoms with van der Waals surface area (Å²) in [6, 6.07) is 13.7. The number of carboxylic acid groups (broad SMARTS) is 1. The number of halogens is 1. The maximum atomic E-state index is 12.7. The highest BCUT2D eigenvalue weighted by atomic mass is 35.5. The highest BCUT2D eigenvalue weighted by Gasteiger charge is 2.28. The average molecular weight is 443 g/mol. The molecular weight excluding hydrogens is 416 g/mol. The fraction of sp³-hybridized carbons (Fsp3) is 0.375. The van der Waals surface area contributed by atoms with Gasteiger partial charge in [-0.25, -0.2) is 0 Å². The fourth-order valence-electron chi connectivity index (χ4n) is 2.91. The SMILES string of the molecule is Cc1ccc([C@@H](NC(=O)Cc2ccc(Cl)cc2)[C@@H](C)C(=O)O)cc1OCC(C)(C)C#N. The molecule has 0 fully saturated rings. The molecule has 6 nitrogen and oxygen atoms in total. The first-order chi connectivity index (χ1) is 14.5. The lowest BCUT2D eigenvalue weighted by Gasteiger charge is -2.25.